The largest absolute Gasteiger partial charge is 0.494 e. The Morgan fingerprint density at radius 1 is 1.14 bits per heavy atom. The van der Waals surface area contributed by atoms with Gasteiger partial charge < -0.3 is 18.8 Å². The first kappa shape index (κ1) is 16.8. The van der Waals surface area contributed by atoms with E-state index in [0.717, 1.165) is 11.0 Å². The first-order chi connectivity index (χ1) is 9.77. The molecule has 1 saturated heterocycles. The highest BCUT2D eigenvalue weighted by Gasteiger charge is 2.51. The van der Waals surface area contributed by atoms with E-state index in [4.69, 9.17) is 30.4 Å². The molecule has 0 saturated carbocycles. The van der Waals surface area contributed by atoms with Gasteiger partial charge in [-0.15, -0.1) is 0 Å². The normalized spacial score (nSPS) is 20.0. The Labute approximate surface area is 131 Å². The third kappa shape index (κ3) is 3.60. The van der Waals surface area contributed by atoms with Crippen molar-refractivity contribution < 1.29 is 18.8 Å². The van der Waals surface area contributed by atoms with Crippen LogP contribution in [0.15, 0.2) is 18.2 Å². The Morgan fingerprint density at radius 2 is 1.76 bits per heavy atom. The highest BCUT2D eigenvalue weighted by Crippen LogP contribution is 2.36. The van der Waals surface area contributed by atoms with E-state index in [-0.39, 0.29) is 18.0 Å². The molecule has 0 N–H and O–H groups in total. The molecule has 2 rings (SSSR count). The number of rotatable bonds is 5. The van der Waals surface area contributed by atoms with Crippen LogP contribution in [0.3, 0.4) is 0 Å². The second-order valence-corrected chi connectivity index (χ2v) is 6.60. The van der Waals surface area contributed by atoms with Gasteiger partial charge >= 0.3 is 7.12 Å². The molecule has 0 spiro atoms. The maximum absolute atomic E-state index is 6.19. The summed E-state index contributed by atoms with van der Waals surface area (Å²) in [7, 11) is 1.19. The highest BCUT2D eigenvalue weighted by atomic mass is 35.5. The molecule has 0 aromatic heterocycles. The van der Waals surface area contributed by atoms with E-state index in [1.807, 2.05) is 45.9 Å². The number of benzene rings is 1. The Bertz CT molecular complexity index is 488. The molecule has 1 aromatic rings. The van der Waals surface area contributed by atoms with Crippen molar-refractivity contribution in [2.24, 2.45) is 0 Å². The predicted octanol–water partition coefficient (Wildman–Crippen LogP) is 2.76. The minimum atomic E-state index is -0.395. The quantitative estimate of drug-likeness (QED) is 0.476. The molecule has 1 fully saturated rings. The maximum atomic E-state index is 6.19. The first-order valence-electron chi connectivity index (χ1n) is 6.97. The number of hydrogen-bond donors (Lipinski definition) is 0. The van der Waals surface area contributed by atoms with Crippen LogP contribution in [-0.4, -0.2) is 32.2 Å². The summed E-state index contributed by atoms with van der Waals surface area (Å²) in [5.41, 5.74) is 1.11. The second-order valence-electron chi connectivity index (χ2n) is 6.19. The molecule has 0 atom stereocenters. The molecule has 1 aliphatic heterocycles. The van der Waals surface area contributed by atoms with Crippen LogP contribution in [0.2, 0.25) is 5.02 Å². The molecule has 4 nitrogen and oxygen atoms in total. The standard InChI is InChI=1S/C15H22BClO4/c1-14(2)15(3,4)21-16(20-14)12-6-7-13(17)11(8-12)9-19-10-18-5/h6-8H,9-10H2,1-5H3. The molecule has 1 heterocycles. The summed E-state index contributed by atoms with van der Waals surface area (Å²) in [6.07, 6.45) is 0. The van der Waals surface area contributed by atoms with Gasteiger partial charge in [0, 0.05) is 12.1 Å². The fourth-order valence-electron chi connectivity index (χ4n) is 2.07. The summed E-state index contributed by atoms with van der Waals surface area (Å²) in [6.45, 7) is 8.76. The average molecular weight is 313 g/mol. The van der Waals surface area contributed by atoms with Crippen molar-refractivity contribution in [1.29, 1.82) is 0 Å². The summed E-state index contributed by atoms with van der Waals surface area (Å²) in [5, 5.41) is 0.659. The van der Waals surface area contributed by atoms with E-state index in [2.05, 4.69) is 0 Å². The van der Waals surface area contributed by atoms with Crippen LogP contribution in [0, 0.1) is 0 Å². The van der Waals surface area contributed by atoms with Gasteiger partial charge in [0.15, 0.2) is 0 Å². The van der Waals surface area contributed by atoms with E-state index >= 15 is 0 Å². The minimum Gasteiger partial charge on any atom is -0.399 e. The molecule has 1 aliphatic rings. The Balaban J connectivity index is 2.16. The number of methoxy groups -OCH3 is 1. The van der Waals surface area contributed by atoms with Crippen LogP contribution in [0.1, 0.15) is 33.3 Å². The molecular formula is C15H22BClO4. The molecule has 0 amide bonds. The van der Waals surface area contributed by atoms with E-state index in [0.29, 0.717) is 11.6 Å². The highest BCUT2D eigenvalue weighted by molar-refractivity contribution is 6.62. The lowest BCUT2D eigenvalue weighted by Gasteiger charge is -2.32. The number of hydrogen-bond acceptors (Lipinski definition) is 4. The van der Waals surface area contributed by atoms with Gasteiger partial charge in [-0.05, 0) is 44.8 Å². The molecule has 0 bridgehead atoms. The summed E-state index contributed by atoms with van der Waals surface area (Å²) in [6, 6.07) is 5.72. The zero-order valence-electron chi connectivity index (χ0n) is 13.2. The van der Waals surface area contributed by atoms with Gasteiger partial charge in [0.25, 0.3) is 0 Å². The van der Waals surface area contributed by atoms with E-state index in [1.54, 1.807) is 7.11 Å². The SMILES string of the molecule is COCOCc1cc(B2OC(C)(C)C(C)(C)O2)ccc1Cl. The zero-order valence-corrected chi connectivity index (χ0v) is 14.0. The molecule has 0 radical (unpaired) electrons. The third-order valence-electron chi connectivity index (χ3n) is 4.05. The van der Waals surface area contributed by atoms with Crippen molar-refractivity contribution in [3.63, 3.8) is 0 Å². The lowest BCUT2D eigenvalue weighted by molar-refractivity contribution is -0.0390. The molecule has 0 unspecified atom stereocenters. The molecule has 116 valence electrons. The summed E-state index contributed by atoms with van der Waals surface area (Å²) in [4.78, 5) is 0. The van der Waals surface area contributed by atoms with Crippen molar-refractivity contribution in [2.45, 2.75) is 45.5 Å². The van der Waals surface area contributed by atoms with Crippen molar-refractivity contribution in [1.82, 2.24) is 0 Å². The van der Waals surface area contributed by atoms with E-state index < -0.39 is 7.12 Å². The summed E-state index contributed by atoms with van der Waals surface area (Å²) < 4.78 is 22.3. The fraction of sp³-hybridized carbons (Fsp3) is 0.600. The van der Waals surface area contributed by atoms with E-state index in [9.17, 15) is 0 Å². The van der Waals surface area contributed by atoms with Gasteiger partial charge in [0.05, 0.1) is 17.8 Å². The predicted molar refractivity (Wildman–Crippen MR) is 83.8 cm³/mol. The molecule has 6 heteroatoms. The Hall–Kier alpha value is -0.585. The lowest BCUT2D eigenvalue weighted by atomic mass is 9.78. The van der Waals surface area contributed by atoms with Crippen LogP contribution in [0.4, 0.5) is 0 Å². The van der Waals surface area contributed by atoms with Gasteiger partial charge in [-0.3, -0.25) is 0 Å². The van der Waals surface area contributed by atoms with E-state index in [1.165, 1.54) is 0 Å². The first-order valence-corrected chi connectivity index (χ1v) is 7.35. The maximum Gasteiger partial charge on any atom is 0.494 e. The summed E-state index contributed by atoms with van der Waals surface area (Å²) >= 11 is 6.19. The molecule has 0 aliphatic carbocycles. The van der Waals surface area contributed by atoms with Crippen molar-refractivity contribution >= 4 is 24.2 Å². The van der Waals surface area contributed by atoms with Crippen LogP contribution in [-0.2, 0) is 25.4 Å². The fourth-order valence-corrected chi connectivity index (χ4v) is 2.24. The van der Waals surface area contributed by atoms with Crippen molar-refractivity contribution in [3.8, 4) is 0 Å². The smallest absolute Gasteiger partial charge is 0.399 e. The molecular weight excluding hydrogens is 290 g/mol. The number of halogens is 1. The van der Waals surface area contributed by atoms with Crippen molar-refractivity contribution in [2.75, 3.05) is 13.9 Å². The topological polar surface area (TPSA) is 36.9 Å². The summed E-state index contributed by atoms with van der Waals surface area (Å²) in [5.74, 6) is 0. The average Bonchev–Trinajstić information content (AvgIpc) is 2.61. The monoisotopic (exact) mass is 312 g/mol. The van der Waals surface area contributed by atoms with Crippen LogP contribution in [0.25, 0.3) is 0 Å². The number of ether oxygens (including phenoxy) is 2. The van der Waals surface area contributed by atoms with Crippen LogP contribution >= 0.6 is 11.6 Å². The van der Waals surface area contributed by atoms with Gasteiger partial charge in [0.2, 0.25) is 0 Å². The Kier molecular flexibility index (Phi) is 5.01. The second kappa shape index (κ2) is 6.27. The van der Waals surface area contributed by atoms with Gasteiger partial charge in [-0.1, -0.05) is 23.7 Å². The Morgan fingerprint density at radius 3 is 2.33 bits per heavy atom. The van der Waals surface area contributed by atoms with Crippen molar-refractivity contribution in [3.05, 3.63) is 28.8 Å². The molecule has 21 heavy (non-hydrogen) atoms. The minimum absolute atomic E-state index is 0.233. The third-order valence-corrected chi connectivity index (χ3v) is 4.42. The van der Waals surface area contributed by atoms with Gasteiger partial charge in [-0.25, -0.2) is 0 Å². The zero-order chi connectivity index (χ0) is 15.7. The van der Waals surface area contributed by atoms with Crippen LogP contribution < -0.4 is 5.46 Å². The van der Waals surface area contributed by atoms with Gasteiger partial charge in [0.1, 0.15) is 6.79 Å². The lowest BCUT2D eigenvalue weighted by Crippen LogP contribution is -2.41. The molecule has 1 aromatic carbocycles. The van der Waals surface area contributed by atoms with Gasteiger partial charge in [-0.2, -0.15) is 0 Å². The van der Waals surface area contributed by atoms with Crippen LogP contribution in [0.5, 0.6) is 0 Å².